The van der Waals surface area contributed by atoms with Crippen molar-refractivity contribution in [3.63, 3.8) is 0 Å². The maximum atomic E-state index is 11.8. The Bertz CT molecular complexity index is 581. The van der Waals surface area contributed by atoms with E-state index in [2.05, 4.69) is 18.3 Å². The molecule has 1 N–H and O–H groups in total. The molecule has 20 heavy (non-hydrogen) atoms. The Labute approximate surface area is 117 Å². The third-order valence-electron chi connectivity index (χ3n) is 2.82. The largest absolute Gasteiger partial charge is 0.310 e. The molecule has 1 rings (SSSR count). The van der Waals surface area contributed by atoms with E-state index >= 15 is 0 Å². The third-order valence-corrected chi connectivity index (χ3v) is 2.82. The Kier molecular flexibility index (Phi) is 4.91. The SMILES string of the molecule is C=CC(=O)N(C)c1cccc(N=N)c1N(C)C(=O)C=C. The summed E-state index contributed by atoms with van der Waals surface area (Å²) in [6, 6.07) is 4.91. The highest BCUT2D eigenvalue weighted by atomic mass is 16.2. The molecule has 0 aliphatic heterocycles. The summed E-state index contributed by atoms with van der Waals surface area (Å²) in [5.41, 5.74) is 8.31. The molecule has 0 aromatic heterocycles. The van der Waals surface area contributed by atoms with Gasteiger partial charge in [0.2, 0.25) is 11.8 Å². The van der Waals surface area contributed by atoms with Crippen LogP contribution >= 0.6 is 0 Å². The second-order valence-corrected chi connectivity index (χ2v) is 3.96. The molecule has 6 nitrogen and oxygen atoms in total. The summed E-state index contributed by atoms with van der Waals surface area (Å²) in [7, 11) is 3.09. The first-order chi connectivity index (χ1) is 9.47. The highest BCUT2D eigenvalue weighted by molar-refractivity contribution is 6.09. The van der Waals surface area contributed by atoms with Gasteiger partial charge in [-0.3, -0.25) is 9.59 Å². The van der Waals surface area contributed by atoms with E-state index < -0.39 is 0 Å². The van der Waals surface area contributed by atoms with Crippen LogP contribution in [0.1, 0.15) is 0 Å². The molecule has 1 aromatic rings. The maximum Gasteiger partial charge on any atom is 0.250 e. The number of nitrogens with zero attached hydrogens (tertiary/aromatic N) is 3. The van der Waals surface area contributed by atoms with Gasteiger partial charge in [-0.15, -0.1) is 0 Å². The van der Waals surface area contributed by atoms with Crippen molar-refractivity contribution >= 4 is 28.9 Å². The number of likely N-dealkylation sites (N-methyl/N-ethyl adjacent to an activating group) is 2. The number of carbonyl (C=O) groups excluding carboxylic acids is 2. The van der Waals surface area contributed by atoms with Gasteiger partial charge in [0.15, 0.2) is 0 Å². The average molecular weight is 272 g/mol. The van der Waals surface area contributed by atoms with Crippen molar-refractivity contribution in [1.29, 1.82) is 5.53 Å². The summed E-state index contributed by atoms with van der Waals surface area (Å²) in [5.74, 6) is -0.686. The summed E-state index contributed by atoms with van der Waals surface area (Å²) in [6.07, 6.45) is 2.32. The molecule has 1 aromatic carbocycles. The number of benzene rings is 1. The van der Waals surface area contributed by atoms with Crippen LogP contribution in [0.5, 0.6) is 0 Å². The molecular weight excluding hydrogens is 256 g/mol. The highest BCUT2D eigenvalue weighted by Crippen LogP contribution is 2.37. The zero-order valence-electron chi connectivity index (χ0n) is 11.5. The van der Waals surface area contributed by atoms with Crippen LogP contribution in [-0.4, -0.2) is 25.9 Å². The van der Waals surface area contributed by atoms with Gasteiger partial charge in [-0.25, -0.2) is 5.53 Å². The Morgan fingerprint density at radius 1 is 1.15 bits per heavy atom. The minimum atomic E-state index is -0.359. The zero-order chi connectivity index (χ0) is 15.3. The van der Waals surface area contributed by atoms with Gasteiger partial charge in [-0.1, -0.05) is 19.2 Å². The number of para-hydroxylation sites is 1. The minimum Gasteiger partial charge on any atom is -0.310 e. The third kappa shape index (κ3) is 2.80. The van der Waals surface area contributed by atoms with Gasteiger partial charge < -0.3 is 9.80 Å². The first-order valence-corrected chi connectivity index (χ1v) is 5.78. The fourth-order valence-corrected chi connectivity index (χ4v) is 1.73. The molecule has 0 fully saturated rings. The molecule has 0 spiro atoms. The van der Waals surface area contributed by atoms with Crippen molar-refractivity contribution < 1.29 is 9.59 Å². The van der Waals surface area contributed by atoms with Gasteiger partial charge in [0.1, 0.15) is 5.69 Å². The quantitative estimate of drug-likeness (QED) is 0.660. The van der Waals surface area contributed by atoms with Crippen LogP contribution in [0.2, 0.25) is 0 Å². The number of hydrogen-bond donors (Lipinski definition) is 1. The van der Waals surface area contributed by atoms with Gasteiger partial charge >= 0.3 is 0 Å². The molecule has 6 heteroatoms. The lowest BCUT2D eigenvalue weighted by atomic mass is 10.2. The molecule has 0 saturated carbocycles. The first kappa shape index (κ1) is 15.3. The van der Waals surface area contributed by atoms with E-state index in [0.717, 1.165) is 6.08 Å². The zero-order valence-corrected chi connectivity index (χ0v) is 11.5. The van der Waals surface area contributed by atoms with Crippen molar-refractivity contribution in [3.05, 3.63) is 43.5 Å². The van der Waals surface area contributed by atoms with E-state index in [4.69, 9.17) is 5.53 Å². The second kappa shape index (κ2) is 6.42. The highest BCUT2D eigenvalue weighted by Gasteiger charge is 2.20. The van der Waals surface area contributed by atoms with Gasteiger partial charge in [-0.2, -0.15) is 5.11 Å². The Hall–Kier alpha value is -2.76. The summed E-state index contributed by atoms with van der Waals surface area (Å²) in [5, 5.41) is 3.39. The monoisotopic (exact) mass is 272 g/mol. The maximum absolute atomic E-state index is 11.8. The van der Waals surface area contributed by atoms with Crippen LogP contribution in [-0.2, 0) is 9.59 Å². The molecule has 0 aliphatic rings. The fourth-order valence-electron chi connectivity index (χ4n) is 1.73. The molecule has 0 unspecified atom stereocenters. The van der Waals surface area contributed by atoms with Crippen molar-refractivity contribution in [2.45, 2.75) is 0 Å². The lowest BCUT2D eigenvalue weighted by Crippen LogP contribution is -2.29. The molecule has 104 valence electrons. The second-order valence-electron chi connectivity index (χ2n) is 3.96. The minimum absolute atomic E-state index is 0.281. The van der Waals surface area contributed by atoms with Crippen molar-refractivity contribution in [3.8, 4) is 0 Å². The lowest BCUT2D eigenvalue weighted by molar-refractivity contribution is -0.114. The fraction of sp³-hybridized carbons (Fsp3) is 0.143. The van der Waals surface area contributed by atoms with Crippen LogP contribution in [0.4, 0.5) is 17.1 Å². The summed E-state index contributed by atoms with van der Waals surface area (Å²) < 4.78 is 0. The van der Waals surface area contributed by atoms with E-state index in [1.54, 1.807) is 25.2 Å². The number of hydrogen-bond acceptors (Lipinski definition) is 4. The predicted molar refractivity (Wildman–Crippen MR) is 78.5 cm³/mol. The molecule has 0 saturated heterocycles. The molecule has 0 bridgehead atoms. The Balaban J connectivity index is 3.48. The standard InChI is InChI=1S/C14H16N4O2/c1-5-12(19)17(3)11-9-7-8-10(16-15)14(11)18(4)13(20)6-2/h5-9,15H,1-2H2,3-4H3. The van der Waals surface area contributed by atoms with Crippen molar-refractivity contribution in [1.82, 2.24) is 0 Å². The normalized spacial score (nSPS) is 9.50. The van der Waals surface area contributed by atoms with Gasteiger partial charge in [0.25, 0.3) is 0 Å². The average Bonchev–Trinajstić information content (AvgIpc) is 2.50. The smallest absolute Gasteiger partial charge is 0.250 e. The topological polar surface area (TPSA) is 76.8 Å². The predicted octanol–water partition coefficient (Wildman–Crippen LogP) is 2.65. The summed E-state index contributed by atoms with van der Waals surface area (Å²) in [4.78, 5) is 26.1. The van der Waals surface area contributed by atoms with E-state index in [-0.39, 0.29) is 17.5 Å². The number of rotatable bonds is 5. The van der Waals surface area contributed by atoms with E-state index in [9.17, 15) is 9.59 Å². The van der Waals surface area contributed by atoms with E-state index in [1.165, 1.54) is 22.9 Å². The number of anilines is 2. The van der Waals surface area contributed by atoms with Crippen LogP contribution < -0.4 is 9.80 Å². The first-order valence-electron chi connectivity index (χ1n) is 5.78. The van der Waals surface area contributed by atoms with Crippen LogP contribution in [0, 0.1) is 5.53 Å². The Morgan fingerprint density at radius 3 is 2.20 bits per heavy atom. The van der Waals surface area contributed by atoms with Gasteiger partial charge in [0.05, 0.1) is 11.4 Å². The van der Waals surface area contributed by atoms with Crippen molar-refractivity contribution in [2.75, 3.05) is 23.9 Å². The molecule has 0 atom stereocenters. The Morgan fingerprint density at radius 2 is 1.70 bits per heavy atom. The number of amides is 2. The van der Waals surface area contributed by atoms with Crippen LogP contribution in [0.25, 0.3) is 0 Å². The van der Waals surface area contributed by atoms with Crippen LogP contribution in [0.15, 0.2) is 48.6 Å². The van der Waals surface area contributed by atoms with E-state index in [0.29, 0.717) is 11.4 Å². The van der Waals surface area contributed by atoms with Crippen LogP contribution in [0.3, 0.4) is 0 Å². The molecule has 0 heterocycles. The molecule has 0 radical (unpaired) electrons. The van der Waals surface area contributed by atoms with Gasteiger partial charge in [0, 0.05) is 14.1 Å². The molecule has 2 amide bonds. The summed E-state index contributed by atoms with van der Waals surface area (Å²) in [6.45, 7) is 6.85. The molecule has 0 aliphatic carbocycles. The summed E-state index contributed by atoms with van der Waals surface area (Å²) >= 11 is 0. The van der Waals surface area contributed by atoms with E-state index in [1.807, 2.05) is 0 Å². The van der Waals surface area contributed by atoms with Crippen molar-refractivity contribution in [2.24, 2.45) is 5.11 Å². The lowest BCUT2D eigenvalue weighted by Gasteiger charge is -2.25. The number of carbonyl (C=O) groups is 2. The molecular formula is C14H16N4O2. The number of nitrogens with one attached hydrogen (secondary N) is 1. The van der Waals surface area contributed by atoms with Gasteiger partial charge in [-0.05, 0) is 24.3 Å².